The first kappa shape index (κ1) is 18.7. The van der Waals surface area contributed by atoms with Crippen LogP contribution in [0.25, 0.3) is 5.69 Å². The Bertz CT molecular complexity index is 863. The Morgan fingerprint density at radius 2 is 1.96 bits per heavy atom. The summed E-state index contributed by atoms with van der Waals surface area (Å²) in [4.78, 5) is 30.0. The van der Waals surface area contributed by atoms with Crippen molar-refractivity contribution < 1.29 is 14.7 Å². The maximum absolute atomic E-state index is 12.8. The van der Waals surface area contributed by atoms with Gasteiger partial charge in [0.1, 0.15) is 11.5 Å². The first-order chi connectivity index (χ1) is 12.3. The van der Waals surface area contributed by atoms with Crippen LogP contribution in [0, 0.1) is 5.41 Å². The second-order valence-corrected chi connectivity index (χ2v) is 7.34. The molecule has 1 unspecified atom stereocenters. The van der Waals surface area contributed by atoms with Gasteiger partial charge in [0.15, 0.2) is 0 Å². The van der Waals surface area contributed by atoms with Gasteiger partial charge in [-0.25, -0.2) is 9.67 Å². The molecule has 1 amide bonds. The number of halogens is 2. The van der Waals surface area contributed by atoms with E-state index >= 15 is 0 Å². The highest BCUT2D eigenvalue weighted by atomic mass is 35.5. The van der Waals surface area contributed by atoms with E-state index in [2.05, 4.69) is 10.1 Å². The molecule has 9 heteroatoms. The molecule has 0 radical (unpaired) electrons. The second kappa shape index (κ2) is 6.89. The topological polar surface area (TPSA) is 88.3 Å². The Morgan fingerprint density at radius 3 is 2.50 bits per heavy atom. The SMILES string of the molecule is CCc1nc(C(=O)N2CCC(C)(C(=O)O)C2)nn1-c1c(Cl)cccc1Cl. The summed E-state index contributed by atoms with van der Waals surface area (Å²) in [5.41, 5.74) is -0.478. The van der Waals surface area contributed by atoms with Crippen LogP contribution in [0.15, 0.2) is 18.2 Å². The lowest BCUT2D eigenvalue weighted by Gasteiger charge is -2.19. The van der Waals surface area contributed by atoms with Crippen molar-refractivity contribution in [2.75, 3.05) is 13.1 Å². The van der Waals surface area contributed by atoms with E-state index in [1.165, 1.54) is 9.58 Å². The number of rotatable bonds is 4. The van der Waals surface area contributed by atoms with Gasteiger partial charge in [-0.2, -0.15) is 0 Å². The summed E-state index contributed by atoms with van der Waals surface area (Å²) >= 11 is 12.5. The van der Waals surface area contributed by atoms with Crippen molar-refractivity contribution in [1.82, 2.24) is 19.7 Å². The number of hydrogen-bond donors (Lipinski definition) is 1. The number of benzene rings is 1. The largest absolute Gasteiger partial charge is 0.481 e. The van der Waals surface area contributed by atoms with Gasteiger partial charge >= 0.3 is 5.97 Å². The monoisotopic (exact) mass is 396 g/mol. The molecule has 7 nitrogen and oxygen atoms in total. The Morgan fingerprint density at radius 1 is 1.31 bits per heavy atom. The van der Waals surface area contributed by atoms with Crippen molar-refractivity contribution in [2.45, 2.75) is 26.7 Å². The summed E-state index contributed by atoms with van der Waals surface area (Å²) in [6, 6.07) is 5.09. The Labute approximate surface area is 160 Å². The molecule has 1 aliphatic rings. The van der Waals surface area contributed by atoms with Crippen LogP contribution in [-0.4, -0.2) is 49.7 Å². The summed E-state index contributed by atoms with van der Waals surface area (Å²) in [5.74, 6) is -0.758. The number of carbonyl (C=O) groups excluding carboxylic acids is 1. The summed E-state index contributed by atoms with van der Waals surface area (Å²) < 4.78 is 1.48. The molecular formula is C17H18Cl2N4O3. The number of carboxylic acids is 1. The molecular weight excluding hydrogens is 379 g/mol. The summed E-state index contributed by atoms with van der Waals surface area (Å²) in [5, 5.41) is 14.4. The van der Waals surface area contributed by atoms with E-state index in [0.717, 1.165) is 0 Å². The standard InChI is InChI=1S/C17H18Cl2N4O3/c1-3-12-20-14(15(24)22-8-7-17(2,9-22)16(25)26)21-23(12)13-10(18)5-4-6-11(13)19/h4-6H,3,7-9H2,1-2H3,(H,25,26). The number of amides is 1. The molecule has 1 N–H and O–H groups in total. The smallest absolute Gasteiger partial charge is 0.311 e. The quantitative estimate of drug-likeness (QED) is 0.857. The number of aromatic nitrogens is 3. The van der Waals surface area contributed by atoms with Gasteiger partial charge in [0, 0.05) is 19.5 Å². The highest BCUT2D eigenvalue weighted by Crippen LogP contribution is 2.32. The second-order valence-electron chi connectivity index (χ2n) is 6.53. The van der Waals surface area contributed by atoms with Crippen LogP contribution in [0.4, 0.5) is 0 Å². The Hall–Kier alpha value is -2.12. The minimum Gasteiger partial charge on any atom is -0.481 e. The van der Waals surface area contributed by atoms with Crippen molar-refractivity contribution in [3.63, 3.8) is 0 Å². The highest BCUT2D eigenvalue weighted by Gasteiger charge is 2.43. The molecule has 3 rings (SSSR count). The van der Waals surface area contributed by atoms with Crippen LogP contribution in [-0.2, 0) is 11.2 Å². The van der Waals surface area contributed by atoms with E-state index in [4.69, 9.17) is 23.2 Å². The lowest BCUT2D eigenvalue weighted by atomic mass is 9.90. The van der Waals surface area contributed by atoms with E-state index in [9.17, 15) is 14.7 Å². The van der Waals surface area contributed by atoms with Gasteiger partial charge in [0.25, 0.3) is 5.91 Å². The third-order valence-corrected chi connectivity index (χ3v) is 5.22. The lowest BCUT2D eigenvalue weighted by molar-refractivity contribution is -0.147. The number of nitrogens with zero attached hydrogens (tertiary/aromatic N) is 4. The van der Waals surface area contributed by atoms with E-state index in [0.29, 0.717) is 40.9 Å². The number of aliphatic carboxylic acids is 1. The molecule has 26 heavy (non-hydrogen) atoms. The van der Waals surface area contributed by atoms with Crippen LogP contribution in [0.2, 0.25) is 10.0 Å². The summed E-state index contributed by atoms with van der Waals surface area (Å²) in [7, 11) is 0. The van der Waals surface area contributed by atoms with E-state index in [1.807, 2.05) is 6.92 Å². The van der Waals surface area contributed by atoms with Crippen LogP contribution in [0.1, 0.15) is 36.7 Å². The zero-order valence-electron chi connectivity index (χ0n) is 14.4. The molecule has 0 bridgehead atoms. The third-order valence-electron chi connectivity index (χ3n) is 4.61. The third kappa shape index (κ3) is 3.17. The van der Waals surface area contributed by atoms with Gasteiger partial charge in [-0.3, -0.25) is 9.59 Å². The maximum Gasteiger partial charge on any atom is 0.311 e. The molecule has 0 saturated carbocycles. The molecule has 1 aromatic heterocycles. The van der Waals surface area contributed by atoms with Gasteiger partial charge in [-0.1, -0.05) is 36.2 Å². The molecule has 1 atom stereocenters. The summed E-state index contributed by atoms with van der Waals surface area (Å²) in [6.07, 6.45) is 0.917. The summed E-state index contributed by atoms with van der Waals surface area (Å²) in [6.45, 7) is 4.00. The fraction of sp³-hybridized carbons (Fsp3) is 0.412. The van der Waals surface area contributed by atoms with Gasteiger partial charge in [0.2, 0.25) is 5.82 Å². The minimum atomic E-state index is -0.947. The number of likely N-dealkylation sites (tertiary alicyclic amines) is 1. The predicted molar refractivity (Wildman–Crippen MR) is 97.0 cm³/mol. The number of aryl methyl sites for hydroxylation is 1. The van der Waals surface area contributed by atoms with Crippen molar-refractivity contribution in [3.8, 4) is 5.69 Å². The Kier molecular flexibility index (Phi) is 4.94. The zero-order chi connectivity index (χ0) is 19.1. The lowest BCUT2D eigenvalue weighted by Crippen LogP contribution is -2.35. The highest BCUT2D eigenvalue weighted by molar-refractivity contribution is 6.37. The van der Waals surface area contributed by atoms with Gasteiger partial charge in [-0.05, 0) is 25.5 Å². The molecule has 1 aliphatic heterocycles. The van der Waals surface area contributed by atoms with E-state index < -0.39 is 17.3 Å². The van der Waals surface area contributed by atoms with Gasteiger partial charge in [-0.15, -0.1) is 5.10 Å². The fourth-order valence-electron chi connectivity index (χ4n) is 2.98. The van der Waals surface area contributed by atoms with E-state index in [1.54, 1.807) is 25.1 Å². The van der Waals surface area contributed by atoms with Crippen molar-refractivity contribution >= 4 is 35.1 Å². The minimum absolute atomic E-state index is 0.00692. The molecule has 2 aromatic rings. The molecule has 1 saturated heterocycles. The maximum atomic E-state index is 12.8. The van der Waals surface area contributed by atoms with Gasteiger partial charge in [0.05, 0.1) is 15.5 Å². The van der Waals surface area contributed by atoms with Crippen molar-refractivity contribution in [1.29, 1.82) is 0 Å². The molecule has 1 fully saturated rings. The average molecular weight is 397 g/mol. The number of carbonyl (C=O) groups is 2. The number of para-hydroxylation sites is 1. The van der Waals surface area contributed by atoms with Crippen LogP contribution < -0.4 is 0 Å². The van der Waals surface area contributed by atoms with Gasteiger partial charge < -0.3 is 10.0 Å². The van der Waals surface area contributed by atoms with Crippen LogP contribution in [0.3, 0.4) is 0 Å². The van der Waals surface area contributed by atoms with Crippen LogP contribution >= 0.6 is 23.2 Å². The fourth-order valence-corrected chi connectivity index (χ4v) is 3.54. The average Bonchev–Trinajstić information content (AvgIpc) is 3.19. The molecule has 0 aliphatic carbocycles. The van der Waals surface area contributed by atoms with E-state index in [-0.39, 0.29) is 12.4 Å². The van der Waals surface area contributed by atoms with Crippen molar-refractivity contribution in [2.24, 2.45) is 5.41 Å². The Balaban J connectivity index is 1.95. The normalized spacial score (nSPS) is 19.8. The molecule has 1 aromatic carbocycles. The number of carboxylic acid groups (broad SMARTS) is 1. The predicted octanol–water partition coefficient (Wildman–Crippen LogP) is 3.07. The first-order valence-corrected chi connectivity index (χ1v) is 8.95. The zero-order valence-corrected chi connectivity index (χ0v) is 15.9. The van der Waals surface area contributed by atoms with Crippen molar-refractivity contribution in [3.05, 3.63) is 39.9 Å². The number of hydrogen-bond acceptors (Lipinski definition) is 4. The van der Waals surface area contributed by atoms with Crippen LogP contribution in [0.5, 0.6) is 0 Å². The molecule has 138 valence electrons. The molecule has 0 spiro atoms. The molecule has 2 heterocycles. The first-order valence-electron chi connectivity index (χ1n) is 8.20.